The van der Waals surface area contributed by atoms with Crippen molar-refractivity contribution in [3.05, 3.63) is 74.6 Å². The Morgan fingerprint density at radius 2 is 1.77 bits per heavy atom. The van der Waals surface area contributed by atoms with Gasteiger partial charge in [-0.2, -0.15) is 0 Å². The fourth-order valence-corrected chi connectivity index (χ4v) is 4.30. The smallest absolute Gasteiger partial charge is 0.269 e. The molecule has 2 N–H and O–H groups in total. The number of hydrogen-bond acceptors (Lipinski definition) is 5. The molecule has 0 atom stereocenters. The molecule has 3 amide bonds. The first-order valence-corrected chi connectivity index (χ1v) is 11.2. The lowest BCUT2D eigenvalue weighted by molar-refractivity contribution is -0.124. The largest absolute Gasteiger partial charge is 0.293 e. The number of thiocarbonyl (C=S) groups is 1. The summed E-state index contributed by atoms with van der Waals surface area (Å²) in [4.78, 5) is 38.6. The summed E-state index contributed by atoms with van der Waals surface area (Å²) >= 11 is 18.4. The van der Waals surface area contributed by atoms with Crippen molar-refractivity contribution in [1.82, 2.24) is 15.8 Å². The summed E-state index contributed by atoms with van der Waals surface area (Å²) in [5.41, 5.74) is 5.80. The summed E-state index contributed by atoms with van der Waals surface area (Å²) in [6.07, 6.45) is 2.20. The van der Waals surface area contributed by atoms with Crippen molar-refractivity contribution < 1.29 is 14.4 Å². The van der Waals surface area contributed by atoms with Crippen LogP contribution in [-0.2, 0) is 9.59 Å². The van der Waals surface area contributed by atoms with Gasteiger partial charge in [-0.05, 0) is 48.4 Å². The number of thioether (sulfide) groups is 1. The van der Waals surface area contributed by atoms with Gasteiger partial charge in [0.2, 0.25) is 5.91 Å². The molecule has 10 heteroatoms. The summed E-state index contributed by atoms with van der Waals surface area (Å²) in [6, 6.07) is 13.5. The third kappa shape index (κ3) is 6.30. The molecule has 2 aromatic carbocycles. The molecule has 1 aliphatic rings. The van der Waals surface area contributed by atoms with Crippen molar-refractivity contribution >= 4 is 75.3 Å². The fourth-order valence-electron chi connectivity index (χ4n) is 2.69. The summed E-state index contributed by atoms with van der Waals surface area (Å²) in [5, 5.41) is 1.06. The molecule has 2 aromatic rings. The van der Waals surface area contributed by atoms with E-state index >= 15 is 0 Å². The number of carbonyl (C=O) groups is 3. The normalized spacial score (nSPS) is 14.8. The van der Waals surface area contributed by atoms with Gasteiger partial charge in [0.15, 0.2) is 0 Å². The van der Waals surface area contributed by atoms with Crippen molar-refractivity contribution in [3.63, 3.8) is 0 Å². The molecule has 1 fully saturated rings. The van der Waals surface area contributed by atoms with Crippen LogP contribution >= 0.6 is 47.2 Å². The molecule has 31 heavy (non-hydrogen) atoms. The van der Waals surface area contributed by atoms with Gasteiger partial charge in [-0.3, -0.25) is 30.1 Å². The average molecular weight is 494 g/mol. The molecule has 0 aliphatic carbocycles. The van der Waals surface area contributed by atoms with Crippen LogP contribution < -0.4 is 10.9 Å². The molecule has 1 saturated heterocycles. The average Bonchev–Trinajstić information content (AvgIpc) is 3.01. The summed E-state index contributed by atoms with van der Waals surface area (Å²) in [5.74, 6) is -1.04. The van der Waals surface area contributed by atoms with Gasteiger partial charge in [-0.1, -0.05) is 65.4 Å². The fraction of sp³-hybridized carbons (Fsp3) is 0.143. The number of hydrogen-bond donors (Lipinski definition) is 2. The predicted octanol–water partition coefficient (Wildman–Crippen LogP) is 4.44. The SMILES string of the molecule is O=C(CCCN1C(=O)/C(=C/c2ccccc2Cl)SC1=S)NNC(=O)c1ccc(Cl)cc1. The van der Waals surface area contributed by atoms with Gasteiger partial charge in [0.1, 0.15) is 4.32 Å². The van der Waals surface area contributed by atoms with Crippen molar-refractivity contribution in [1.29, 1.82) is 0 Å². The van der Waals surface area contributed by atoms with Crippen LogP contribution in [0.15, 0.2) is 53.4 Å². The molecule has 3 rings (SSSR count). The Labute approximate surface area is 198 Å². The quantitative estimate of drug-likeness (QED) is 0.353. The second kappa shape index (κ2) is 10.8. The van der Waals surface area contributed by atoms with Crippen molar-refractivity contribution in [2.45, 2.75) is 12.8 Å². The van der Waals surface area contributed by atoms with Gasteiger partial charge in [0.05, 0.1) is 4.91 Å². The number of hydrazine groups is 1. The number of benzene rings is 2. The first-order chi connectivity index (χ1) is 14.8. The summed E-state index contributed by atoms with van der Waals surface area (Å²) in [6.45, 7) is 0.295. The van der Waals surface area contributed by atoms with E-state index in [2.05, 4.69) is 10.9 Å². The first-order valence-electron chi connectivity index (χ1n) is 9.20. The number of nitrogens with one attached hydrogen (secondary N) is 2. The molecule has 0 bridgehead atoms. The van der Waals surface area contributed by atoms with Crippen molar-refractivity contribution in [2.24, 2.45) is 0 Å². The molecule has 0 aromatic heterocycles. The molecular weight excluding hydrogens is 477 g/mol. The molecule has 0 radical (unpaired) electrons. The topological polar surface area (TPSA) is 78.5 Å². The molecule has 160 valence electrons. The second-order valence-electron chi connectivity index (χ2n) is 6.47. The van der Waals surface area contributed by atoms with E-state index < -0.39 is 5.91 Å². The zero-order valence-corrected chi connectivity index (χ0v) is 19.2. The van der Waals surface area contributed by atoms with Crippen LogP contribution in [0.2, 0.25) is 10.0 Å². The predicted molar refractivity (Wildman–Crippen MR) is 128 cm³/mol. The molecule has 0 unspecified atom stereocenters. The van der Waals surface area contributed by atoms with Gasteiger partial charge < -0.3 is 0 Å². The Balaban J connectivity index is 1.46. The number of amides is 3. The Morgan fingerprint density at radius 1 is 1.06 bits per heavy atom. The monoisotopic (exact) mass is 493 g/mol. The standard InChI is InChI=1S/C21H17Cl2N3O3S2/c22-15-9-7-13(8-10-15)19(28)25-24-18(27)6-3-11-26-20(29)17(31-21(26)30)12-14-4-1-2-5-16(14)23/h1-2,4-5,7-10,12H,3,6,11H2,(H,24,27)(H,25,28)/b17-12-. The number of nitrogens with zero attached hydrogens (tertiary/aromatic N) is 1. The maximum Gasteiger partial charge on any atom is 0.269 e. The second-order valence-corrected chi connectivity index (χ2v) is 8.99. The highest BCUT2D eigenvalue weighted by atomic mass is 35.5. The molecule has 0 spiro atoms. The lowest BCUT2D eigenvalue weighted by atomic mass is 10.2. The zero-order chi connectivity index (χ0) is 22.4. The molecule has 1 heterocycles. The molecule has 0 saturated carbocycles. The van der Waals surface area contributed by atoms with Crippen LogP contribution in [0, 0.1) is 0 Å². The first kappa shape index (κ1) is 23.3. The van der Waals surface area contributed by atoms with E-state index in [0.29, 0.717) is 37.8 Å². The Morgan fingerprint density at radius 3 is 2.48 bits per heavy atom. The highest BCUT2D eigenvalue weighted by Crippen LogP contribution is 2.33. The van der Waals surface area contributed by atoms with E-state index in [0.717, 1.165) is 5.56 Å². The van der Waals surface area contributed by atoms with Crippen LogP contribution in [0.1, 0.15) is 28.8 Å². The van der Waals surface area contributed by atoms with Crippen molar-refractivity contribution in [2.75, 3.05) is 6.54 Å². The maximum atomic E-state index is 12.6. The highest BCUT2D eigenvalue weighted by Gasteiger charge is 2.31. The third-order valence-corrected chi connectivity index (χ3v) is 6.25. The third-order valence-electron chi connectivity index (χ3n) is 4.27. The minimum Gasteiger partial charge on any atom is -0.293 e. The lowest BCUT2D eigenvalue weighted by Crippen LogP contribution is -2.41. The molecular formula is C21H17Cl2N3O3S2. The number of rotatable bonds is 6. The van der Waals surface area contributed by atoms with E-state index in [9.17, 15) is 14.4 Å². The molecule has 6 nitrogen and oxygen atoms in total. The zero-order valence-electron chi connectivity index (χ0n) is 16.1. The Bertz CT molecular complexity index is 1060. The Kier molecular flexibility index (Phi) is 8.09. The van der Waals surface area contributed by atoms with Crippen LogP contribution in [0.5, 0.6) is 0 Å². The minimum atomic E-state index is -0.452. The highest BCUT2D eigenvalue weighted by molar-refractivity contribution is 8.26. The van der Waals surface area contributed by atoms with Crippen LogP contribution in [0.25, 0.3) is 6.08 Å². The van der Waals surface area contributed by atoms with E-state index in [4.69, 9.17) is 35.4 Å². The summed E-state index contributed by atoms with van der Waals surface area (Å²) < 4.78 is 0.430. The van der Waals surface area contributed by atoms with Crippen LogP contribution in [0.3, 0.4) is 0 Å². The van der Waals surface area contributed by atoms with E-state index in [1.54, 1.807) is 36.4 Å². The Hall–Kier alpha value is -2.39. The lowest BCUT2D eigenvalue weighted by Gasteiger charge is -2.14. The van der Waals surface area contributed by atoms with Crippen molar-refractivity contribution in [3.8, 4) is 0 Å². The van der Waals surface area contributed by atoms with Crippen LogP contribution in [-0.4, -0.2) is 33.5 Å². The van der Waals surface area contributed by atoms with Gasteiger partial charge in [0, 0.05) is 28.6 Å². The molecule has 1 aliphatic heterocycles. The van der Waals surface area contributed by atoms with Gasteiger partial charge in [-0.15, -0.1) is 0 Å². The van der Waals surface area contributed by atoms with Crippen LogP contribution in [0.4, 0.5) is 0 Å². The van der Waals surface area contributed by atoms with E-state index in [1.165, 1.54) is 16.7 Å². The van der Waals surface area contributed by atoms with E-state index in [1.807, 2.05) is 18.2 Å². The van der Waals surface area contributed by atoms with Gasteiger partial charge in [-0.25, -0.2) is 0 Å². The minimum absolute atomic E-state index is 0.113. The van der Waals surface area contributed by atoms with E-state index in [-0.39, 0.29) is 18.2 Å². The number of halogens is 2. The number of carbonyl (C=O) groups excluding carboxylic acids is 3. The van der Waals surface area contributed by atoms with Gasteiger partial charge in [0.25, 0.3) is 11.8 Å². The maximum absolute atomic E-state index is 12.6. The summed E-state index contributed by atoms with van der Waals surface area (Å²) in [7, 11) is 0. The van der Waals surface area contributed by atoms with Gasteiger partial charge >= 0.3 is 0 Å².